The fourth-order valence-corrected chi connectivity index (χ4v) is 4.92. The molecule has 0 aliphatic heterocycles. The van der Waals surface area contributed by atoms with E-state index in [0.29, 0.717) is 56.9 Å². The van der Waals surface area contributed by atoms with Crippen LogP contribution in [0.15, 0.2) is 24.3 Å². The third-order valence-electron chi connectivity index (χ3n) is 8.42. The number of nitrogens with two attached hydrogens (primary N) is 1. The zero-order valence-corrected chi connectivity index (χ0v) is 35.3. The molecule has 0 aliphatic rings. The maximum atomic E-state index is 13.4. The molecule has 8 N–H and O–H groups in total. The van der Waals surface area contributed by atoms with E-state index < -0.39 is 41.4 Å². The van der Waals surface area contributed by atoms with Gasteiger partial charge in [-0.15, -0.1) is 0 Å². The Kier molecular flexibility index (Phi) is 25.2. The molecule has 1 aromatic carbocycles. The second kappa shape index (κ2) is 28.6. The molecule has 58 heavy (non-hydrogen) atoms. The van der Waals surface area contributed by atoms with Crippen LogP contribution in [0.1, 0.15) is 86.1 Å². The van der Waals surface area contributed by atoms with Gasteiger partial charge in [0.15, 0.2) is 0 Å². The van der Waals surface area contributed by atoms with Crippen molar-refractivity contribution in [2.75, 3.05) is 64.6 Å². The lowest BCUT2D eigenvalue weighted by molar-refractivity contribution is -0.132. The quantitative estimate of drug-likeness (QED) is 0.0578. The molecule has 0 heterocycles. The molecule has 18 heteroatoms. The first-order valence-electron chi connectivity index (χ1n) is 19.9. The van der Waals surface area contributed by atoms with Crippen LogP contribution in [0.5, 0.6) is 0 Å². The SMILES string of the molecule is CC(C)C(=O)NCCOCCOCCNC(=O)OCc1ccc(NC(=O)[C@@H](CCCNC(N)=O)NC(=O)[C@H](NC(=O)CCCOCCC(=O)C(C)(C)C)C(C)C)cc1. The largest absolute Gasteiger partial charge is 0.445 e. The van der Waals surface area contributed by atoms with Gasteiger partial charge in [0.05, 0.1) is 33.0 Å². The number of nitrogens with one attached hydrogen (secondary N) is 6. The molecule has 328 valence electrons. The van der Waals surface area contributed by atoms with Crippen molar-refractivity contribution in [2.45, 2.75) is 99.3 Å². The Hall–Kier alpha value is -4.81. The van der Waals surface area contributed by atoms with Gasteiger partial charge in [-0.1, -0.05) is 60.6 Å². The molecule has 0 saturated heterocycles. The molecule has 0 unspecified atom stereocenters. The first-order chi connectivity index (χ1) is 27.4. The van der Waals surface area contributed by atoms with Gasteiger partial charge >= 0.3 is 12.1 Å². The van der Waals surface area contributed by atoms with Gasteiger partial charge in [-0.2, -0.15) is 0 Å². The van der Waals surface area contributed by atoms with Crippen molar-refractivity contribution in [3.8, 4) is 0 Å². The number of hydrogen-bond donors (Lipinski definition) is 7. The van der Waals surface area contributed by atoms with E-state index in [-0.39, 0.29) is 81.8 Å². The lowest BCUT2D eigenvalue weighted by atomic mass is 9.89. The average molecular weight is 822 g/mol. The molecule has 0 radical (unpaired) electrons. The number of benzene rings is 1. The van der Waals surface area contributed by atoms with Crippen LogP contribution in [0.4, 0.5) is 15.3 Å². The minimum atomic E-state index is -1.02. The molecule has 0 spiro atoms. The molecule has 1 aromatic rings. The summed E-state index contributed by atoms with van der Waals surface area (Å²) in [6.45, 7) is 15.4. The molecule has 0 aliphatic carbocycles. The molecule has 0 fully saturated rings. The van der Waals surface area contributed by atoms with Crippen LogP contribution in [-0.2, 0) is 49.5 Å². The Morgan fingerprint density at radius 3 is 1.88 bits per heavy atom. The zero-order valence-electron chi connectivity index (χ0n) is 35.3. The number of alkyl carbamates (subject to hydrolysis) is 1. The topological polar surface area (TPSA) is 255 Å². The predicted octanol–water partition coefficient (Wildman–Crippen LogP) is 2.53. The van der Waals surface area contributed by atoms with Crippen molar-refractivity contribution < 1.29 is 52.5 Å². The number of carbonyl (C=O) groups excluding carboxylic acids is 7. The number of amides is 7. The maximum absolute atomic E-state index is 13.4. The van der Waals surface area contributed by atoms with Crippen molar-refractivity contribution in [3.05, 3.63) is 29.8 Å². The number of urea groups is 1. The predicted molar refractivity (Wildman–Crippen MR) is 217 cm³/mol. The minimum Gasteiger partial charge on any atom is -0.445 e. The zero-order chi connectivity index (χ0) is 43.5. The standard InChI is InChI=1S/C40H67N7O11/c1-27(2)34(47-33(49)11-9-20-55-21-16-32(48)40(5,6)7)37(52)46-31(10-8-17-43-38(41)53)36(51)45-30-14-12-29(13-15-30)26-58-39(54)44-19-23-57-25-24-56-22-18-42-35(50)28(3)4/h12-15,27-28,31,34H,8-11,16-26H2,1-7H3,(H,42,50)(H,44,54)(H,45,51)(H,46,52)(H,47,49)(H3,41,43,53)/t31-,34-/m1/s1. The van der Waals surface area contributed by atoms with E-state index >= 15 is 0 Å². The van der Waals surface area contributed by atoms with Crippen LogP contribution in [-0.4, -0.2) is 113 Å². The Balaban J connectivity index is 2.58. The molecule has 7 amide bonds. The van der Waals surface area contributed by atoms with Gasteiger partial charge in [-0.05, 0) is 42.9 Å². The first-order valence-corrected chi connectivity index (χ1v) is 19.9. The molecule has 2 atom stereocenters. The van der Waals surface area contributed by atoms with Crippen molar-refractivity contribution >= 4 is 47.2 Å². The summed E-state index contributed by atoms with van der Waals surface area (Å²) in [6, 6.07) is 3.93. The number of rotatable bonds is 29. The Bertz CT molecular complexity index is 1430. The van der Waals surface area contributed by atoms with Crippen LogP contribution >= 0.6 is 0 Å². The number of anilines is 1. The van der Waals surface area contributed by atoms with Crippen molar-refractivity contribution in [1.29, 1.82) is 0 Å². The van der Waals surface area contributed by atoms with E-state index in [1.807, 2.05) is 34.6 Å². The highest BCUT2D eigenvalue weighted by molar-refractivity contribution is 5.98. The maximum Gasteiger partial charge on any atom is 0.407 e. The summed E-state index contributed by atoms with van der Waals surface area (Å²) in [5.74, 6) is -1.74. The highest BCUT2D eigenvalue weighted by Crippen LogP contribution is 2.16. The lowest BCUT2D eigenvalue weighted by Crippen LogP contribution is -2.54. The van der Waals surface area contributed by atoms with Crippen molar-refractivity contribution in [2.24, 2.45) is 23.0 Å². The minimum absolute atomic E-state index is 0.0263. The van der Waals surface area contributed by atoms with E-state index in [1.54, 1.807) is 38.1 Å². The van der Waals surface area contributed by atoms with Gasteiger partial charge in [0.25, 0.3) is 0 Å². The monoisotopic (exact) mass is 821 g/mol. The van der Waals surface area contributed by atoms with E-state index in [2.05, 4.69) is 31.9 Å². The van der Waals surface area contributed by atoms with E-state index in [4.69, 9.17) is 24.7 Å². The summed E-state index contributed by atoms with van der Waals surface area (Å²) >= 11 is 0. The molecule has 0 bridgehead atoms. The molecule has 1 rings (SSSR count). The van der Waals surface area contributed by atoms with Gasteiger partial charge < -0.3 is 56.6 Å². The fraction of sp³-hybridized carbons (Fsp3) is 0.675. The summed E-state index contributed by atoms with van der Waals surface area (Å²) in [5.41, 5.74) is 5.81. The van der Waals surface area contributed by atoms with Crippen molar-refractivity contribution in [3.63, 3.8) is 0 Å². The Labute approximate surface area is 342 Å². The molecular weight excluding hydrogens is 754 g/mol. The first kappa shape index (κ1) is 51.2. The van der Waals surface area contributed by atoms with Crippen LogP contribution in [0.25, 0.3) is 0 Å². The van der Waals surface area contributed by atoms with Gasteiger partial charge in [0, 0.05) is 56.1 Å². The summed E-state index contributed by atoms with van der Waals surface area (Å²) in [6.07, 6.45) is 0.641. The second-order valence-corrected chi connectivity index (χ2v) is 15.3. The Morgan fingerprint density at radius 1 is 0.672 bits per heavy atom. The number of hydrogen-bond acceptors (Lipinski definition) is 11. The van der Waals surface area contributed by atoms with E-state index in [1.165, 1.54) is 0 Å². The highest BCUT2D eigenvalue weighted by Gasteiger charge is 2.29. The number of Topliss-reactive ketones (excluding diaryl/α,β-unsaturated/α-hetero) is 1. The van der Waals surface area contributed by atoms with Gasteiger partial charge in [0.1, 0.15) is 24.5 Å². The van der Waals surface area contributed by atoms with E-state index in [0.717, 1.165) is 0 Å². The van der Waals surface area contributed by atoms with Gasteiger partial charge in [-0.3, -0.25) is 24.0 Å². The molecule has 18 nitrogen and oxygen atoms in total. The third-order valence-corrected chi connectivity index (χ3v) is 8.42. The summed E-state index contributed by atoms with van der Waals surface area (Å²) in [5, 5.41) is 16.1. The smallest absolute Gasteiger partial charge is 0.407 e. The number of primary amides is 1. The second-order valence-electron chi connectivity index (χ2n) is 15.3. The summed E-state index contributed by atoms with van der Waals surface area (Å²) in [7, 11) is 0. The fourth-order valence-electron chi connectivity index (χ4n) is 4.92. The van der Waals surface area contributed by atoms with Crippen LogP contribution in [0, 0.1) is 17.3 Å². The molecule has 0 aromatic heterocycles. The van der Waals surface area contributed by atoms with Crippen LogP contribution in [0.2, 0.25) is 0 Å². The summed E-state index contributed by atoms with van der Waals surface area (Å²) < 4.78 is 21.6. The van der Waals surface area contributed by atoms with Gasteiger partial charge in [0.2, 0.25) is 23.6 Å². The number of ether oxygens (including phenoxy) is 4. The highest BCUT2D eigenvalue weighted by atomic mass is 16.5. The molecule has 0 saturated carbocycles. The average Bonchev–Trinajstić information content (AvgIpc) is 3.15. The van der Waals surface area contributed by atoms with Crippen LogP contribution in [0.3, 0.4) is 0 Å². The van der Waals surface area contributed by atoms with Crippen LogP contribution < -0.4 is 37.6 Å². The third kappa shape index (κ3) is 24.1. The normalized spacial score (nSPS) is 12.3. The van der Waals surface area contributed by atoms with E-state index in [9.17, 15) is 33.6 Å². The summed E-state index contributed by atoms with van der Waals surface area (Å²) in [4.78, 5) is 86.4. The lowest BCUT2D eigenvalue weighted by Gasteiger charge is -2.25. The molecular formula is C40H67N7O11. The Morgan fingerprint density at radius 2 is 1.29 bits per heavy atom. The number of ketones is 1. The number of carbonyl (C=O) groups is 7. The van der Waals surface area contributed by atoms with Crippen molar-refractivity contribution in [1.82, 2.24) is 26.6 Å². The van der Waals surface area contributed by atoms with Gasteiger partial charge in [-0.25, -0.2) is 9.59 Å².